The topological polar surface area (TPSA) is 74.8 Å². The Balaban J connectivity index is 1.64. The number of carbonyl (C=O) groups is 2. The van der Waals surface area contributed by atoms with E-state index in [1.165, 1.54) is 5.57 Å². The van der Waals surface area contributed by atoms with E-state index in [1.54, 1.807) is 4.90 Å². The van der Waals surface area contributed by atoms with Gasteiger partial charge in [0, 0.05) is 32.1 Å². The second-order valence-corrected chi connectivity index (χ2v) is 8.83. The average molecular weight is 326 g/mol. The van der Waals surface area contributed by atoms with E-state index in [-0.39, 0.29) is 41.7 Å². The number of hydrogen-bond acceptors (Lipinski definition) is 4. The number of hydrogen-bond donors (Lipinski definition) is 0. The van der Waals surface area contributed by atoms with Gasteiger partial charge in [0.1, 0.15) is 0 Å². The van der Waals surface area contributed by atoms with Crippen LogP contribution in [0.5, 0.6) is 0 Å². The van der Waals surface area contributed by atoms with Gasteiger partial charge in [-0.25, -0.2) is 8.42 Å². The minimum atomic E-state index is -3.02. The highest BCUT2D eigenvalue weighted by Crippen LogP contribution is 2.27. The first-order valence-corrected chi connectivity index (χ1v) is 9.62. The molecule has 3 rings (SSSR count). The third-order valence-corrected chi connectivity index (χ3v) is 6.55. The molecule has 0 aromatic heterocycles. The molecule has 0 saturated carbocycles. The summed E-state index contributed by atoms with van der Waals surface area (Å²) in [6.07, 6.45) is 3.72. The van der Waals surface area contributed by atoms with Gasteiger partial charge in [-0.1, -0.05) is 11.6 Å². The summed E-state index contributed by atoms with van der Waals surface area (Å²) in [5.74, 6) is -0.169. The Morgan fingerprint density at radius 1 is 1.36 bits per heavy atom. The fourth-order valence-electron chi connectivity index (χ4n) is 3.63. The minimum Gasteiger partial charge on any atom is -0.338 e. The van der Waals surface area contributed by atoms with Gasteiger partial charge in [-0.2, -0.15) is 0 Å². The van der Waals surface area contributed by atoms with Crippen LogP contribution >= 0.6 is 0 Å². The Kier molecular flexibility index (Phi) is 4.01. The molecule has 3 aliphatic rings. The average Bonchev–Trinajstić information content (AvgIpc) is 3.00. The molecular weight excluding hydrogens is 304 g/mol. The number of rotatable bonds is 2. The van der Waals surface area contributed by atoms with E-state index in [0.29, 0.717) is 26.1 Å². The van der Waals surface area contributed by atoms with E-state index >= 15 is 0 Å². The van der Waals surface area contributed by atoms with E-state index in [4.69, 9.17) is 0 Å². The molecular formula is C15H22N2O4S. The van der Waals surface area contributed by atoms with Gasteiger partial charge in [0.05, 0.1) is 17.4 Å². The van der Waals surface area contributed by atoms with Crippen LogP contribution in [-0.4, -0.2) is 67.2 Å². The molecule has 0 radical (unpaired) electrons. The molecule has 0 unspecified atom stereocenters. The highest BCUT2D eigenvalue weighted by atomic mass is 32.2. The van der Waals surface area contributed by atoms with Gasteiger partial charge in [0.15, 0.2) is 9.84 Å². The van der Waals surface area contributed by atoms with Crippen molar-refractivity contribution >= 4 is 21.7 Å². The van der Waals surface area contributed by atoms with Crippen LogP contribution in [0.15, 0.2) is 11.6 Å². The second-order valence-electron chi connectivity index (χ2n) is 6.60. The Morgan fingerprint density at radius 3 is 2.77 bits per heavy atom. The second kappa shape index (κ2) is 5.68. The van der Waals surface area contributed by atoms with Crippen molar-refractivity contribution in [1.82, 2.24) is 9.80 Å². The lowest BCUT2D eigenvalue weighted by Gasteiger charge is -2.29. The Labute approximate surface area is 131 Å². The third-order valence-electron chi connectivity index (χ3n) is 4.80. The summed E-state index contributed by atoms with van der Waals surface area (Å²) < 4.78 is 23.2. The van der Waals surface area contributed by atoms with E-state index in [2.05, 4.69) is 6.08 Å². The number of sulfone groups is 1. The van der Waals surface area contributed by atoms with Gasteiger partial charge in [-0.15, -0.1) is 0 Å². The van der Waals surface area contributed by atoms with Gasteiger partial charge in [0.2, 0.25) is 11.8 Å². The lowest BCUT2D eigenvalue weighted by Crippen LogP contribution is -2.42. The molecule has 0 N–H and O–H groups in total. The van der Waals surface area contributed by atoms with Crippen molar-refractivity contribution in [3.05, 3.63) is 11.6 Å². The van der Waals surface area contributed by atoms with Gasteiger partial charge < -0.3 is 9.80 Å². The van der Waals surface area contributed by atoms with Crippen molar-refractivity contribution in [3.8, 4) is 0 Å². The van der Waals surface area contributed by atoms with Gasteiger partial charge >= 0.3 is 0 Å². The van der Waals surface area contributed by atoms with E-state index in [1.807, 2.05) is 11.8 Å². The highest BCUT2D eigenvalue weighted by Gasteiger charge is 2.42. The molecule has 2 amide bonds. The minimum absolute atomic E-state index is 0.0316. The largest absolute Gasteiger partial charge is 0.338 e. The number of nitrogens with zero attached hydrogens (tertiary/aromatic N) is 2. The summed E-state index contributed by atoms with van der Waals surface area (Å²) in [6.45, 7) is 3.73. The molecule has 2 atom stereocenters. The van der Waals surface area contributed by atoms with E-state index < -0.39 is 9.84 Å². The zero-order valence-electron chi connectivity index (χ0n) is 12.8. The van der Waals surface area contributed by atoms with Crippen LogP contribution in [0, 0.1) is 5.92 Å². The van der Waals surface area contributed by atoms with Crippen molar-refractivity contribution in [1.29, 1.82) is 0 Å². The van der Waals surface area contributed by atoms with Gasteiger partial charge in [0.25, 0.3) is 0 Å². The smallest absolute Gasteiger partial charge is 0.228 e. The quantitative estimate of drug-likeness (QED) is 0.680. The summed E-state index contributed by atoms with van der Waals surface area (Å²) in [7, 11) is -3.02. The van der Waals surface area contributed by atoms with Gasteiger partial charge in [-0.3, -0.25) is 9.59 Å². The summed E-state index contributed by atoms with van der Waals surface area (Å²) in [5, 5.41) is 0. The molecule has 0 spiro atoms. The molecule has 122 valence electrons. The van der Waals surface area contributed by atoms with Crippen molar-refractivity contribution in [3.63, 3.8) is 0 Å². The zero-order valence-corrected chi connectivity index (χ0v) is 13.6. The van der Waals surface area contributed by atoms with Crippen LogP contribution < -0.4 is 0 Å². The lowest BCUT2D eigenvalue weighted by atomic mass is 10.0. The summed E-state index contributed by atoms with van der Waals surface area (Å²) in [6, 6.07) is -0.238. The molecule has 3 heterocycles. The van der Waals surface area contributed by atoms with Crippen LogP contribution in [0.4, 0.5) is 0 Å². The highest BCUT2D eigenvalue weighted by molar-refractivity contribution is 7.91. The predicted molar refractivity (Wildman–Crippen MR) is 81.8 cm³/mol. The van der Waals surface area contributed by atoms with Crippen molar-refractivity contribution < 1.29 is 18.0 Å². The fourth-order valence-corrected chi connectivity index (χ4v) is 5.36. The Morgan fingerprint density at radius 2 is 2.14 bits per heavy atom. The molecule has 2 saturated heterocycles. The summed E-state index contributed by atoms with van der Waals surface area (Å²) in [5.41, 5.74) is 1.18. The maximum atomic E-state index is 12.6. The Bertz CT molecular complexity index is 625. The van der Waals surface area contributed by atoms with Crippen LogP contribution in [0.3, 0.4) is 0 Å². The maximum absolute atomic E-state index is 12.6. The van der Waals surface area contributed by atoms with Crippen LogP contribution in [-0.2, 0) is 19.4 Å². The van der Waals surface area contributed by atoms with Crippen molar-refractivity contribution in [2.75, 3.05) is 31.1 Å². The standard InChI is InChI=1S/C15H22N2O4S/c1-11-3-2-5-16(8-11)15(19)12-7-14(18)17(9-12)13-4-6-22(20,21)10-13/h3,12-13H,2,4-10H2,1H3/t12-,13+/m1/s1. The molecule has 2 fully saturated rings. The molecule has 0 aromatic carbocycles. The van der Waals surface area contributed by atoms with Crippen molar-refractivity contribution in [2.24, 2.45) is 5.92 Å². The van der Waals surface area contributed by atoms with Crippen LogP contribution in [0.1, 0.15) is 26.2 Å². The fraction of sp³-hybridized carbons (Fsp3) is 0.733. The van der Waals surface area contributed by atoms with E-state index in [9.17, 15) is 18.0 Å². The number of carbonyl (C=O) groups excluding carboxylic acids is 2. The molecule has 6 nitrogen and oxygen atoms in total. The molecule has 3 aliphatic heterocycles. The first kappa shape index (κ1) is 15.5. The normalized spacial score (nSPS) is 31.5. The first-order chi connectivity index (χ1) is 10.4. The lowest BCUT2D eigenvalue weighted by molar-refractivity contribution is -0.135. The summed E-state index contributed by atoms with van der Waals surface area (Å²) >= 11 is 0. The SMILES string of the molecule is CC1=CCCN(C(=O)[C@@H]2CC(=O)N([C@H]3CCS(=O)(=O)C3)C2)C1. The molecule has 0 aromatic rings. The number of amides is 2. The van der Waals surface area contributed by atoms with E-state index in [0.717, 1.165) is 6.42 Å². The molecule has 0 bridgehead atoms. The predicted octanol–water partition coefficient (Wildman–Crippen LogP) is 0.201. The molecule has 22 heavy (non-hydrogen) atoms. The number of likely N-dealkylation sites (tertiary alicyclic amines) is 1. The molecule has 0 aliphatic carbocycles. The monoisotopic (exact) mass is 326 g/mol. The van der Waals surface area contributed by atoms with Crippen LogP contribution in [0.25, 0.3) is 0 Å². The van der Waals surface area contributed by atoms with Crippen molar-refractivity contribution in [2.45, 2.75) is 32.2 Å². The third kappa shape index (κ3) is 3.04. The Hall–Kier alpha value is -1.37. The first-order valence-electron chi connectivity index (χ1n) is 7.80. The zero-order chi connectivity index (χ0) is 15.9. The van der Waals surface area contributed by atoms with Gasteiger partial charge in [-0.05, 0) is 19.8 Å². The van der Waals surface area contributed by atoms with Crippen LogP contribution in [0.2, 0.25) is 0 Å². The summed E-state index contributed by atoms with van der Waals surface area (Å²) in [4.78, 5) is 28.2. The maximum Gasteiger partial charge on any atom is 0.228 e. The molecule has 7 heteroatoms.